The maximum atomic E-state index is 8.51. The van der Waals surface area contributed by atoms with Crippen molar-refractivity contribution in [1.29, 1.82) is 0 Å². The van der Waals surface area contributed by atoms with Crippen molar-refractivity contribution >= 4 is 87.4 Å². The van der Waals surface area contributed by atoms with Gasteiger partial charge in [-0.05, 0) is 64.2 Å². The zero-order chi connectivity index (χ0) is 65.8. The van der Waals surface area contributed by atoms with Crippen LogP contribution in [0.1, 0.15) is 0 Å². The maximum absolute atomic E-state index is 8.51. The van der Waals surface area contributed by atoms with Gasteiger partial charge >= 0.3 is 0 Å². The minimum Gasteiger partial charge on any atom is -0.454 e. The Kier molecular flexibility index (Phi) is 13.1. The summed E-state index contributed by atoms with van der Waals surface area (Å²) in [6, 6.07) is 117. The van der Waals surface area contributed by atoms with E-state index in [1.807, 2.05) is 73.1 Å². The Bertz CT molecular complexity index is 6380. The molecule has 0 saturated carbocycles. The van der Waals surface area contributed by atoms with E-state index in [2.05, 4.69) is 281 Å². The number of rotatable bonds is 11. The van der Waals surface area contributed by atoms with Gasteiger partial charge in [0.2, 0.25) is 0 Å². The van der Waals surface area contributed by atoms with Gasteiger partial charge in [-0.3, -0.25) is 0 Å². The number of para-hydroxylation sites is 6. The highest BCUT2D eigenvalue weighted by Crippen LogP contribution is 2.58. The number of aromatic nitrogens is 8. The average Bonchev–Trinajstić information content (AvgIpc) is 1.51. The molecule has 0 aliphatic heterocycles. The normalized spacial score (nSPS) is 11.8. The van der Waals surface area contributed by atoms with Gasteiger partial charge in [-0.1, -0.05) is 291 Å². The van der Waals surface area contributed by atoms with Crippen molar-refractivity contribution in [3.8, 4) is 107 Å². The van der Waals surface area contributed by atoms with Crippen LogP contribution in [0, 0.1) is 0 Å². The zero-order valence-electron chi connectivity index (χ0n) is 53.8. The Labute approximate surface area is 574 Å². The van der Waals surface area contributed by atoms with Gasteiger partial charge in [-0.2, -0.15) is 0 Å². The third-order valence-corrected chi connectivity index (χ3v) is 19.8. The second-order valence-corrected chi connectivity index (χ2v) is 25.3. The van der Waals surface area contributed by atoms with Gasteiger partial charge in [0.05, 0.1) is 66.7 Å². The first-order chi connectivity index (χ1) is 49.7. The third kappa shape index (κ3) is 8.78. The number of nitrogens with zero attached hydrogens (tertiary/aromatic N) is 8. The largest absolute Gasteiger partial charge is 0.454 e. The molecule has 466 valence electrons. The van der Waals surface area contributed by atoms with Crippen molar-refractivity contribution in [2.45, 2.75) is 0 Å². The van der Waals surface area contributed by atoms with E-state index < -0.39 is 0 Å². The first-order valence-electron chi connectivity index (χ1n) is 33.7. The molecule has 0 aliphatic carbocycles. The van der Waals surface area contributed by atoms with Crippen LogP contribution in [0.5, 0.6) is 0 Å². The van der Waals surface area contributed by atoms with E-state index in [-0.39, 0.29) is 0 Å². The molecule has 0 N–H and O–H groups in total. The van der Waals surface area contributed by atoms with Crippen LogP contribution >= 0.6 is 0 Å². The van der Waals surface area contributed by atoms with Gasteiger partial charge in [0.1, 0.15) is 5.58 Å². The predicted molar refractivity (Wildman–Crippen MR) is 409 cm³/mol. The first kappa shape index (κ1) is 56.7. The summed E-state index contributed by atoms with van der Waals surface area (Å²) < 4.78 is 16.0. The molecule has 0 bridgehead atoms. The molecule has 0 radical (unpaired) electrons. The standard InChI is InChI=1S/C91H56N8O/c1-7-31-57(32-8-1)76-77(58-33-9-2-10-34-58)79(60-37-13-4-14-38-60)86-80(78(76)59-35-11-3-12-36-59)81-83(97-70-49-25-19-43-64(70)65-44-20-26-50-71(65)97)85(99-74-53-29-23-47-68(74)69-48-24-30-54-75(69)99)84(98-72-51-27-21-45-66(72)67-46-22-28-52-73(67)98)82(87(81)100-86)91-92-55-63(56-93-91)90-95-88(61-39-15-5-16-40-61)94-89(96-90)62-41-17-6-18-42-62/h1-56H. The third-order valence-electron chi connectivity index (χ3n) is 19.8. The fourth-order valence-electron chi connectivity index (χ4n) is 15.6. The van der Waals surface area contributed by atoms with Crippen LogP contribution in [0.2, 0.25) is 0 Å². The summed E-state index contributed by atoms with van der Waals surface area (Å²) in [7, 11) is 0. The monoisotopic (exact) mass is 1280 g/mol. The average molecular weight is 1280 g/mol. The molecule has 9 heteroatoms. The molecule has 20 aromatic rings. The van der Waals surface area contributed by atoms with Gasteiger partial charge in [0.25, 0.3) is 0 Å². The molecule has 0 saturated heterocycles. The Morgan fingerprint density at radius 1 is 0.200 bits per heavy atom. The summed E-state index contributed by atoms with van der Waals surface area (Å²) in [4.78, 5) is 26.9. The second kappa shape index (κ2) is 23.0. The quantitative estimate of drug-likeness (QED) is 0.128. The van der Waals surface area contributed by atoms with Crippen LogP contribution in [-0.2, 0) is 0 Å². The van der Waals surface area contributed by atoms with E-state index in [0.717, 1.165) is 149 Å². The topological polar surface area (TPSA) is 92.4 Å². The lowest BCUT2D eigenvalue weighted by Crippen LogP contribution is -2.12. The summed E-state index contributed by atoms with van der Waals surface area (Å²) >= 11 is 0. The fourth-order valence-corrected chi connectivity index (χ4v) is 15.6. The number of fused-ring (bicyclic) bond motifs is 12. The van der Waals surface area contributed by atoms with Crippen LogP contribution < -0.4 is 0 Å². The van der Waals surface area contributed by atoms with E-state index in [9.17, 15) is 0 Å². The molecule has 100 heavy (non-hydrogen) atoms. The summed E-state index contributed by atoms with van der Waals surface area (Å²) in [6.07, 6.45) is 3.75. The molecule has 6 heterocycles. The van der Waals surface area contributed by atoms with E-state index in [0.29, 0.717) is 45.6 Å². The van der Waals surface area contributed by atoms with Crippen molar-refractivity contribution in [3.05, 3.63) is 340 Å². The summed E-state index contributed by atoms with van der Waals surface area (Å²) in [6.45, 7) is 0. The van der Waals surface area contributed by atoms with Crippen LogP contribution in [0.15, 0.2) is 344 Å². The van der Waals surface area contributed by atoms with E-state index in [1.165, 1.54) is 0 Å². The minimum atomic E-state index is 0.426. The lowest BCUT2D eigenvalue weighted by atomic mass is 9.80. The highest BCUT2D eigenvalue weighted by molar-refractivity contribution is 6.30. The van der Waals surface area contributed by atoms with Crippen molar-refractivity contribution < 1.29 is 4.42 Å². The summed E-state index contributed by atoms with van der Waals surface area (Å²) in [5.74, 6) is 1.94. The zero-order valence-corrected chi connectivity index (χ0v) is 53.8. The van der Waals surface area contributed by atoms with Crippen LogP contribution in [0.3, 0.4) is 0 Å². The smallest absolute Gasteiger partial charge is 0.167 e. The molecule has 0 amide bonds. The van der Waals surface area contributed by atoms with Crippen LogP contribution in [0.25, 0.3) is 194 Å². The molecule has 0 spiro atoms. The Morgan fingerprint density at radius 2 is 0.470 bits per heavy atom. The molecule has 0 unspecified atom stereocenters. The van der Waals surface area contributed by atoms with Gasteiger partial charge in [0.15, 0.2) is 28.9 Å². The van der Waals surface area contributed by atoms with Crippen LogP contribution in [-0.4, -0.2) is 38.6 Å². The Hall–Kier alpha value is -13.6. The summed E-state index contributed by atoms with van der Waals surface area (Å²) in [5, 5.41) is 8.42. The second-order valence-electron chi connectivity index (χ2n) is 25.3. The lowest BCUT2D eigenvalue weighted by molar-refractivity contribution is 0.670. The number of benzene rings is 14. The molecule has 0 fully saturated rings. The maximum Gasteiger partial charge on any atom is 0.167 e. The number of hydrogen-bond acceptors (Lipinski definition) is 6. The fraction of sp³-hybridized carbons (Fsp3) is 0. The Morgan fingerprint density at radius 3 is 0.840 bits per heavy atom. The molecular formula is C91H56N8O. The number of hydrogen-bond donors (Lipinski definition) is 0. The van der Waals surface area contributed by atoms with Gasteiger partial charge in [0, 0.05) is 77.9 Å². The molecule has 6 aromatic heterocycles. The highest BCUT2D eigenvalue weighted by Gasteiger charge is 2.37. The SMILES string of the molecule is c1ccc(-c2nc(-c3ccccc3)nc(-c3cnc(-c4c(-n5c6ccccc6c6ccccc65)c(-n5c6ccccc6c6ccccc65)c(-n5c6ccccc6c6ccccc65)c5c4oc4c(-c6ccccc6)c(-c6ccccc6)c(-c6ccccc6)c(-c6ccccc6)c45)nc3)n2)cc1. The molecule has 20 rings (SSSR count). The predicted octanol–water partition coefficient (Wildman–Crippen LogP) is 23.2. The molecule has 14 aromatic carbocycles. The van der Waals surface area contributed by atoms with Crippen molar-refractivity contribution in [1.82, 2.24) is 38.6 Å². The van der Waals surface area contributed by atoms with Crippen LogP contribution in [0.4, 0.5) is 0 Å². The molecule has 0 atom stereocenters. The highest BCUT2D eigenvalue weighted by atomic mass is 16.3. The van der Waals surface area contributed by atoms with Gasteiger partial charge < -0.3 is 18.1 Å². The van der Waals surface area contributed by atoms with Gasteiger partial charge in [-0.15, -0.1) is 0 Å². The van der Waals surface area contributed by atoms with Crippen molar-refractivity contribution in [3.63, 3.8) is 0 Å². The first-order valence-corrected chi connectivity index (χ1v) is 33.7. The van der Waals surface area contributed by atoms with E-state index >= 15 is 0 Å². The number of furan rings is 1. The lowest BCUT2D eigenvalue weighted by Gasteiger charge is -2.26. The van der Waals surface area contributed by atoms with Crippen molar-refractivity contribution in [2.75, 3.05) is 0 Å². The van der Waals surface area contributed by atoms with Crippen molar-refractivity contribution in [2.24, 2.45) is 0 Å². The summed E-state index contributed by atoms with van der Waals surface area (Å²) in [5.41, 5.74) is 21.2. The van der Waals surface area contributed by atoms with E-state index in [4.69, 9.17) is 29.3 Å². The molecular weight excluding hydrogens is 1220 g/mol. The van der Waals surface area contributed by atoms with E-state index in [1.54, 1.807) is 0 Å². The minimum absolute atomic E-state index is 0.426. The molecule has 0 aliphatic rings. The molecule has 9 nitrogen and oxygen atoms in total. The van der Waals surface area contributed by atoms with Gasteiger partial charge in [-0.25, -0.2) is 24.9 Å². The Balaban J connectivity index is 1.08.